The van der Waals surface area contributed by atoms with Crippen molar-refractivity contribution in [1.82, 2.24) is 10.2 Å². The number of amides is 1. The minimum atomic E-state index is -0.430. The first-order chi connectivity index (χ1) is 8.08. The first-order valence-electron chi connectivity index (χ1n) is 5.58. The lowest BCUT2D eigenvalue weighted by Gasteiger charge is -2.14. The fourth-order valence-corrected chi connectivity index (χ4v) is 2.07. The summed E-state index contributed by atoms with van der Waals surface area (Å²) >= 11 is 0. The average Bonchev–Trinajstić information content (AvgIpc) is 2.63. The SMILES string of the molecule is CN1CCC(NC(=O)c2c(O)cccc2O)C1. The number of aromatic hydroxyl groups is 2. The van der Waals surface area contributed by atoms with Gasteiger partial charge in [-0.2, -0.15) is 0 Å². The van der Waals surface area contributed by atoms with Crippen LogP contribution in [0.15, 0.2) is 18.2 Å². The van der Waals surface area contributed by atoms with Crippen LogP contribution in [0.3, 0.4) is 0 Å². The maximum absolute atomic E-state index is 11.9. The van der Waals surface area contributed by atoms with Gasteiger partial charge in [0.15, 0.2) is 0 Å². The minimum Gasteiger partial charge on any atom is -0.507 e. The molecule has 3 N–H and O–H groups in total. The van der Waals surface area contributed by atoms with E-state index in [1.165, 1.54) is 18.2 Å². The fraction of sp³-hybridized carbons (Fsp3) is 0.417. The average molecular weight is 236 g/mol. The number of benzene rings is 1. The van der Waals surface area contributed by atoms with Crippen LogP contribution < -0.4 is 5.32 Å². The predicted octanol–water partition coefficient (Wildman–Crippen LogP) is 0.532. The Morgan fingerprint density at radius 3 is 2.59 bits per heavy atom. The van der Waals surface area contributed by atoms with Crippen molar-refractivity contribution < 1.29 is 15.0 Å². The summed E-state index contributed by atoms with van der Waals surface area (Å²) in [6.45, 7) is 1.73. The van der Waals surface area contributed by atoms with Crippen molar-refractivity contribution in [1.29, 1.82) is 0 Å². The molecule has 5 nitrogen and oxygen atoms in total. The zero-order valence-corrected chi connectivity index (χ0v) is 9.68. The highest BCUT2D eigenvalue weighted by atomic mass is 16.3. The molecule has 1 saturated heterocycles. The van der Waals surface area contributed by atoms with Crippen molar-refractivity contribution in [3.05, 3.63) is 23.8 Å². The van der Waals surface area contributed by atoms with Crippen molar-refractivity contribution >= 4 is 5.91 Å². The number of likely N-dealkylation sites (tertiary alicyclic amines) is 1. The highest BCUT2D eigenvalue weighted by molar-refractivity contribution is 5.99. The molecule has 1 unspecified atom stereocenters. The molecule has 0 spiro atoms. The van der Waals surface area contributed by atoms with Gasteiger partial charge in [0, 0.05) is 12.6 Å². The molecular weight excluding hydrogens is 220 g/mol. The van der Waals surface area contributed by atoms with Gasteiger partial charge in [-0.25, -0.2) is 0 Å². The lowest BCUT2D eigenvalue weighted by Crippen LogP contribution is -2.36. The van der Waals surface area contributed by atoms with Crippen LogP contribution in [0.2, 0.25) is 0 Å². The van der Waals surface area contributed by atoms with E-state index in [-0.39, 0.29) is 23.1 Å². The Balaban J connectivity index is 2.10. The molecule has 1 heterocycles. The highest BCUT2D eigenvalue weighted by Crippen LogP contribution is 2.26. The van der Waals surface area contributed by atoms with Crippen LogP contribution >= 0.6 is 0 Å². The van der Waals surface area contributed by atoms with E-state index in [4.69, 9.17) is 0 Å². The quantitative estimate of drug-likeness (QED) is 0.700. The van der Waals surface area contributed by atoms with Crippen LogP contribution in [0.25, 0.3) is 0 Å². The normalized spacial score (nSPS) is 20.4. The molecule has 0 saturated carbocycles. The minimum absolute atomic E-state index is 0.0537. The second-order valence-corrected chi connectivity index (χ2v) is 4.39. The van der Waals surface area contributed by atoms with E-state index in [0.29, 0.717) is 0 Å². The fourth-order valence-electron chi connectivity index (χ4n) is 2.07. The van der Waals surface area contributed by atoms with Crippen molar-refractivity contribution in [2.75, 3.05) is 20.1 Å². The van der Waals surface area contributed by atoms with E-state index >= 15 is 0 Å². The van der Waals surface area contributed by atoms with Gasteiger partial charge in [0.05, 0.1) is 0 Å². The van der Waals surface area contributed by atoms with Crippen LogP contribution in [0.5, 0.6) is 11.5 Å². The number of hydrogen-bond donors (Lipinski definition) is 3. The molecule has 1 fully saturated rings. The van der Waals surface area contributed by atoms with Gasteiger partial charge in [0.25, 0.3) is 5.91 Å². The molecular formula is C12H16N2O3. The topological polar surface area (TPSA) is 72.8 Å². The number of phenols is 2. The molecule has 0 bridgehead atoms. The van der Waals surface area contributed by atoms with Gasteiger partial charge in [0.1, 0.15) is 17.1 Å². The summed E-state index contributed by atoms with van der Waals surface area (Å²) in [6, 6.07) is 4.33. The molecule has 1 amide bonds. The summed E-state index contributed by atoms with van der Waals surface area (Å²) in [5.41, 5.74) is -0.0537. The third-order valence-corrected chi connectivity index (χ3v) is 2.97. The van der Waals surface area contributed by atoms with E-state index in [0.717, 1.165) is 19.5 Å². The molecule has 1 aliphatic heterocycles. The Hall–Kier alpha value is -1.75. The van der Waals surface area contributed by atoms with Gasteiger partial charge in [-0.05, 0) is 32.1 Å². The number of likely N-dealkylation sites (N-methyl/N-ethyl adjacent to an activating group) is 1. The zero-order chi connectivity index (χ0) is 12.4. The second-order valence-electron chi connectivity index (χ2n) is 4.39. The number of carbonyl (C=O) groups is 1. The van der Waals surface area contributed by atoms with Crippen molar-refractivity contribution in [3.63, 3.8) is 0 Å². The van der Waals surface area contributed by atoms with E-state index in [2.05, 4.69) is 10.2 Å². The number of phenolic OH excluding ortho intramolecular Hbond substituents is 2. The van der Waals surface area contributed by atoms with E-state index in [1.54, 1.807) is 0 Å². The van der Waals surface area contributed by atoms with Crippen LogP contribution in [0.1, 0.15) is 16.8 Å². The number of hydrogen-bond acceptors (Lipinski definition) is 4. The lowest BCUT2D eigenvalue weighted by atomic mass is 10.1. The Morgan fingerprint density at radius 1 is 1.41 bits per heavy atom. The Morgan fingerprint density at radius 2 is 2.06 bits per heavy atom. The summed E-state index contributed by atoms with van der Waals surface area (Å²) in [7, 11) is 1.99. The molecule has 2 rings (SSSR count). The molecule has 1 aliphatic rings. The predicted molar refractivity (Wildman–Crippen MR) is 63.1 cm³/mol. The van der Waals surface area contributed by atoms with Crippen LogP contribution in [-0.4, -0.2) is 47.2 Å². The second kappa shape index (κ2) is 4.63. The van der Waals surface area contributed by atoms with Crippen molar-refractivity contribution in [2.45, 2.75) is 12.5 Å². The van der Waals surface area contributed by atoms with Gasteiger partial charge >= 0.3 is 0 Å². The molecule has 5 heteroatoms. The maximum Gasteiger partial charge on any atom is 0.259 e. The summed E-state index contributed by atoms with van der Waals surface area (Å²) < 4.78 is 0. The number of nitrogens with zero attached hydrogens (tertiary/aromatic N) is 1. The van der Waals surface area contributed by atoms with E-state index in [1.807, 2.05) is 7.05 Å². The maximum atomic E-state index is 11.9. The van der Waals surface area contributed by atoms with Crippen LogP contribution in [0, 0.1) is 0 Å². The van der Waals surface area contributed by atoms with Gasteiger partial charge in [-0.15, -0.1) is 0 Å². The zero-order valence-electron chi connectivity index (χ0n) is 9.68. The van der Waals surface area contributed by atoms with Gasteiger partial charge in [-0.3, -0.25) is 4.79 Å². The Labute approximate surface area is 99.7 Å². The first kappa shape index (κ1) is 11.7. The molecule has 1 aromatic carbocycles. The van der Waals surface area contributed by atoms with Gasteiger partial charge in [0.2, 0.25) is 0 Å². The number of rotatable bonds is 2. The Bertz CT molecular complexity index is 414. The third-order valence-electron chi connectivity index (χ3n) is 2.97. The Kier molecular flexibility index (Phi) is 3.19. The van der Waals surface area contributed by atoms with Crippen LogP contribution in [0.4, 0.5) is 0 Å². The van der Waals surface area contributed by atoms with Crippen molar-refractivity contribution in [2.24, 2.45) is 0 Å². The molecule has 0 aromatic heterocycles. The summed E-state index contributed by atoms with van der Waals surface area (Å²) in [5.74, 6) is -0.830. The van der Waals surface area contributed by atoms with Crippen molar-refractivity contribution in [3.8, 4) is 11.5 Å². The molecule has 1 atom stereocenters. The molecule has 0 radical (unpaired) electrons. The third kappa shape index (κ3) is 2.50. The van der Waals surface area contributed by atoms with Crippen LogP contribution in [-0.2, 0) is 0 Å². The lowest BCUT2D eigenvalue weighted by molar-refractivity contribution is 0.0933. The van der Waals surface area contributed by atoms with E-state index < -0.39 is 5.91 Å². The molecule has 17 heavy (non-hydrogen) atoms. The summed E-state index contributed by atoms with van der Waals surface area (Å²) in [4.78, 5) is 14.0. The standard InChI is InChI=1S/C12H16N2O3/c1-14-6-5-8(7-14)13-12(17)11-9(15)3-2-4-10(11)16/h2-4,8,15-16H,5-7H2,1H3,(H,13,17). The number of nitrogens with one attached hydrogen (secondary N) is 1. The smallest absolute Gasteiger partial charge is 0.259 e. The summed E-state index contributed by atoms with van der Waals surface area (Å²) in [6.07, 6.45) is 0.886. The first-order valence-corrected chi connectivity index (χ1v) is 5.58. The van der Waals surface area contributed by atoms with E-state index in [9.17, 15) is 15.0 Å². The monoisotopic (exact) mass is 236 g/mol. The molecule has 1 aromatic rings. The summed E-state index contributed by atoms with van der Waals surface area (Å²) in [5, 5.41) is 21.9. The molecule has 0 aliphatic carbocycles. The largest absolute Gasteiger partial charge is 0.507 e. The molecule has 92 valence electrons. The highest BCUT2D eigenvalue weighted by Gasteiger charge is 2.24. The number of carbonyl (C=O) groups excluding carboxylic acids is 1. The van der Waals surface area contributed by atoms with Gasteiger partial charge in [-0.1, -0.05) is 6.07 Å². The van der Waals surface area contributed by atoms with Gasteiger partial charge < -0.3 is 20.4 Å².